The van der Waals surface area contributed by atoms with Gasteiger partial charge in [-0.15, -0.1) is 0 Å². The first-order chi connectivity index (χ1) is 11.9. The molecule has 0 aliphatic carbocycles. The standard InChI is InChI=1S/C18H20N4O3/c1-10(2)17-20-18(25-22-17)13-5-7-14(8-6-13)19-16(23)9-15-11(3)21-24-12(15)4/h5-8,10H,9H2,1-4H3,(H,19,23). The summed E-state index contributed by atoms with van der Waals surface area (Å²) in [6, 6.07) is 7.28. The molecular weight excluding hydrogens is 320 g/mol. The highest BCUT2D eigenvalue weighted by Crippen LogP contribution is 2.22. The molecule has 7 heteroatoms. The van der Waals surface area contributed by atoms with Crippen LogP contribution >= 0.6 is 0 Å². The molecule has 3 aromatic rings. The number of carbonyl (C=O) groups is 1. The minimum atomic E-state index is -0.123. The first kappa shape index (κ1) is 16.9. The topological polar surface area (TPSA) is 94.1 Å². The van der Waals surface area contributed by atoms with Gasteiger partial charge in [0.15, 0.2) is 5.82 Å². The lowest BCUT2D eigenvalue weighted by atomic mass is 10.1. The van der Waals surface area contributed by atoms with Gasteiger partial charge in [-0.3, -0.25) is 4.79 Å². The zero-order valence-corrected chi connectivity index (χ0v) is 14.7. The Morgan fingerprint density at radius 1 is 1.12 bits per heavy atom. The van der Waals surface area contributed by atoms with E-state index in [0.717, 1.165) is 16.8 Å². The summed E-state index contributed by atoms with van der Waals surface area (Å²) in [4.78, 5) is 16.6. The first-order valence-corrected chi connectivity index (χ1v) is 8.09. The van der Waals surface area contributed by atoms with Gasteiger partial charge in [-0.2, -0.15) is 4.98 Å². The molecule has 2 aromatic heterocycles. The van der Waals surface area contributed by atoms with Crippen LogP contribution in [0.2, 0.25) is 0 Å². The van der Waals surface area contributed by atoms with E-state index in [2.05, 4.69) is 20.6 Å². The number of aryl methyl sites for hydroxylation is 2. The maximum atomic E-state index is 12.2. The SMILES string of the molecule is Cc1noc(C)c1CC(=O)Nc1ccc(-c2nc(C(C)C)no2)cc1. The van der Waals surface area contributed by atoms with E-state index in [9.17, 15) is 4.79 Å². The minimum absolute atomic E-state index is 0.123. The second-order valence-electron chi connectivity index (χ2n) is 6.22. The van der Waals surface area contributed by atoms with E-state index >= 15 is 0 Å². The second-order valence-corrected chi connectivity index (χ2v) is 6.22. The summed E-state index contributed by atoms with van der Waals surface area (Å²) < 4.78 is 10.3. The molecule has 0 unspecified atom stereocenters. The molecule has 1 aromatic carbocycles. The smallest absolute Gasteiger partial charge is 0.257 e. The van der Waals surface area contributed by atoms with E-state index in [4.69, 9.17) is 9.05 Å². The molecule has 0 aliphatic heterocycles. The van der Waals surface area contributed by atoms with Crippen LogP contribution in [0, 0.1) is 13.8 Å². The van der Waals surface area contributed by atoms with Crippen LogP contribution in [0.3, 0.4) is 0 Å². The number of anilines is 1. The maximum Gasteiger partial charge on any atom is 0.257 e. The van der Waals surface area contributed by atoms with Crippen LogP contribution in [0.5, 0.6) is 0 Å². The van der Waals surface area contributed by atoms with E-state index in [1.54, 1.807) is 19.1 Å². The van der Waals surface area contributed by atoms with Gasteiger partial charge in [0.1, 0.15) is 5.76 Å². The Kier molecular flexibility index (Phi) is 4.65. The lowest BCUT2D eigenvalue weighted by Crippen LogP contribution is -2.15. The largest absolute Gasteiger partial charge is 0.361 e. The quantitative estimate of drug-likeness (QED) is 0.762. The Bertz CT molecular complexity index is 859. The molecule has 0 radical (unpaired) electrons. The Labute approximate surface area is 145 Å². The van der Waals surface area contributed by atoms with Crippen molar-refractivity contribution in [2.75, 3.05) is 5.32 Å². The van der Waals surface area contributed by atoms with Crippen LogP contribution in [0.25, 0.3) is 11.5 Å². The van der Waals surface area contributed by atoms with Crippen LogP contribution in [0.4, 0.5) is 5.69 Å². The van der Waals surface area contributed by atoms with Crippen molar-refractivity contribution in [3.63, 3.8) is 0 Å². The van der Waals surface area contributed by atoms with Crippen molar-refractivity contribution in [3.05, 3.63) is 47.1 Å². The van der Waals surface area contributed by atoms with Crippen molar-refractivity contribution in [1.29, 1.82) is 0 Å². The Morgan fingerprint density at radius 3 is 2.40 bits per heavy atom. The van der Waals surface area contributed by atoms with Gasteiger partial charge in [-0.1, -0.05) is 24.2 Å². The van der Waals surface area contributed by atoms with Crippen molar-refractivity contribution >= 4 is 11.6 Å². The number of nitrogens with zero attached hydrogens (tertiary/aromatic N) is 3. The molecule has 0 spiro atoms. The van der Waals surface area contributed by atoms with Gasteiger partial charge in [0.05, 0.1) is 12.1 Å². The highest BCUT2D eigenvalue weighted by Gasteiger charge is 2.14. The van der Waals surface area contributed by atoms with E-state index in [-0.39, 0.29) is 18.2 Å². The number of hydrogen-bond acceptors (Lipinski definition) is 6. The number of carbonyl (C=O) groups excluding carboxylic acids is 1. The molecule has 2 heterocycles. The van der Waals surface area contributed by atoms with Crippen molar-refractivity contribution in [2.45, 2.75) is 40.0 Å². The summed E-state index contributed by atoms with van der Waals surface area (Å²) >= 11 is 0. The lowest BCUT2D eigenvalue weighted by Gasteiger charge is -2.05. The molecule has 0 atom stereocenters. The third-order valence-electron chi connectivity index (χ3n) is 3.89. The number of nitrogens with one attached hydrogen (secondary N) is 1. The molecule has 3 rings (SSSR count). The number of rotatable bonds is 5. The third kappa shape index (κ3) is 3.76. The van der Waals surface area contributed by atoms with Crippen molar-refractivity contribution in [1.82, 2.24) is 15.3 Å². The molecular formula is C18H20N4O3. The van der Waals surface area contributed by atoms with Crippen LogP contribution in [-0.2, 0) is 11.2 Å². The molecule has 0 saturated heterocycles. The van der Waals surface area contributed by atoms with Crippen LogP contribution in [-0.4, -0.2) is 21.2 Å². The van der Waals surface area contributed by atoms with Gasteiger partial charge < -0.3 is 14.4 Å². The number of aromatic nitrogens is 3. The fourth-order valence-electron chi connectivity index (χ4n) is 2.40. The summed E-state index contributed by atoms with van der Waals surface area (Å²) in [5.74, 6) is 1.90. The monoisotopic (exact) mass is 340 g/mol. The number of amides is 1. The number of hydrogen-bond donors (Lipinski definition) is 1. The molecule has 0 aliphatic rings. The zero-order chi connectivity index (χ0) is 18.0. The fourth-order valence-corrected chi connectivity index (χ4v) is 2.40. The minimum Gasteiger partial charge on any atom is -0.361 e. The zero-order valence-electron chi connectivity index (χ0n) is 14.7. The molecule has 130 valence electrons. The Morgan fingerprint density at radius 2 is 1.84 bits per heavy atom. The van der Waals surface area contributed by atoms with E-state index < -0.39 is 0 Å². The lowest BCUT2D eigenvalue weighted by molar-refractivity contribution is -0.115. The third-order valence-corrected chi connectivity index (χ3v) is 3.89. The van der Waals surface area contributed by atoms with E-state index in [1.165, 1.54) is 0 Å². The Balaban J connectivity index is 1.67. The van der Waals surface area contributed by atoms with Crippen molar-refractivity contribution in [3.8, 4) is 11.5 Å². The van der Waals surface area contributed by atoms with E-state index in [0.29, 0.717) is 23.2 Å². The van der Waals surface area contributed by atoms with Crippen LogP contribution in [0.15, 0.2) is 33.3 Å². The molecule has 0 saturated carbocycles. The van der Waals surface area contributed by atoms with Crippen LogP contribution < -0.4 is 5.32 Å². The van der Waals surface area contributed by atoms with Gasteiger partial charge >= 0.3 is 0 Å². The summed E-state index contributed by atoms with van der Waals surface area (Å²) in [5, 5.41) is 10.7. The molecule has 0 bridgehead atoms. The highest BCUT2D eigenvalue weighted by molar-refractivity contribution is 5.92. The van der Waals surface area contributed by atoms with Gasteiger partial charge in [0, 0.05) is 22.7 Å². The molecule has 1 N–H and O–H groups in total. The second kappa shape index (κ2) is 6.88. The van der Waals surface area contributed by atoms with Gasteiger partial charge in [-0.25, -0.2) is 0 Å². The van der Waals surface area contributed by atoms with Gasteiger partial charge in [0.2, 0.25) is 5.91 Å². The van der Waals surface area contributed by atoms with Crippen molar-refractivity contribution < 1.29 is 13.8 Å². The molecule has 0 fully saturated rings. The summed E-state index contributed by atoms with van der Waals surface area (Å²) in [7, 11) is 0. The number of benzene rings is 1. The molecule has 25 heavy (non-hydrogen) atoms. The van der Waals surface area contributed by atoms with Crippen LogP contribution in [0.1, 0.15) is 42.6 Å². The average molecular weight is 340 g/mol. The van der Waals surface area contributed by atoms with Crippen molar-refractivity contribution in [2.24, 2.45) is 0 Å². The predicted octanol–water partition coefficient (Wildman–Crippen LogP) is 3.65. The fraction of sp³-hybridized carbons (Fsp3) is 0.333. The van der Waals surface area contributed by atoms with Gasteiger partial charge in [0.25, 0.3) is 5.89 Å². The average Bonchev–Trinajstić information content (AvgIpc) is 3.18. The first-order valence-electron chi connectivity index (χ1n) is 8.09. The Hall–Kier alpha value is -2.96. The summed E-state index contributed by atoms with van der Waals surface area (Å²) in [6.07, 6.45) is 0.227. The molecule has 1 amide bonds. The van der Waals surface area contributed by atoms with E-state index in [1.807, 2.05) is 32.9 Å². The normalized spacial score (nSPS) is 11.1. The molecule has 7 nitrogen and oxygen atoms in total. The highest BCUT2D eigenvalue weighted by atomic mass is 16.5. The summed E-state index contributed by atoms with van der Waals surface area (Å²) in [5.41, 5.74) is 3.06. The predicted molar refractivity (Wildman–Crippen MR) is 92.1 cm³/mol. The maximum absolute atomic E-state index is 12.2. The van der Waals surface area contributed by atoms with Gasteiger partial charge in [-0.05, 0) is 38.1 Å². The summed E-state index contributed by atoms with van der Waals surface area (Å²) in [6.45, 7) is 7.63.